The molecule has 2 N–H and O–H groups in total. The van der Waals surface area contributed by atoms with Gasteiger partial charge in [0.25, 0.3) is 0 Å². The third kappa shape index (κ3) is 2.43. The van der Waals surface area contributed by atoms with E-state index in [1.54, 1.807) is 0 Å². The summed E-state index contributed by atoms with van der Waals surface area (Å²) in [4.78, 5) is 0. The Hall–Kier alpha value is -0.120. The van der Waals surface area contributed by atoms with Crippen LogP contribution in [0.15, 0.2) is 0 Å². The minimum absolute atomic E-state index is 0.103. The zero-order chi connectivity index (χ0) is 8.32. The van der Waals surface area contributed by atoms with Crippen LogP contribution in [0.4, 0.5) is 0 Å². The molecule has 0 bridgehead atoms. The summed E-state index contributed by atoms with van der Waals surface area (Å²) in [6.07, 6.45) is 1.99. The van der Waals surface area contributed by atoms with Crippen LogP contribution in [0.25, 0.3) is 0 Å². The maximum absolute atomic E-state index is 9.22. The molecule has 0 aromatic heterocycles. The van der Waals surface area contributed by atoms with Gasteiger partial charge in [0.15, 0.2) is 0 Å². The van der Waals surface area contributed by atoms with Crippen molar-refractivity contribution < 1.29 is 14.7 Å². The van der Waals surface area contributed by atoms with Crippen LogP contribution in [0, 0.1) is 0 Å². The Kier molecular flexibility index (Phi) is 2.87. The minimum atomic E-state index is -0.530. The van der Waals surface area contributed by atoms with Gasteiger partial charge in [0.1, 0.15) is 12.6 Å². The summed E-state index contributed by atoms with van der Waals surface area (Å²) < 4.78 is 0.932. The Morgan fingerprint density at radius 1 is 1.36 bits per heavy atom. The molecule has 1 heterocycles. The Bertz CT molecular complexity index is 121. The van der Waals surface area contributed by atoms with Crippen molar-refractivity contribution >= 4 is 0 Å². The van der Waals surface area contributed by atoms with Crippen LogP contribution >= 0.6 is 0 Å². The second kappa shape index (κ2) is 3.52. The van der Waals surface area contributed by atoms with Gasteiger partial charge in [0.2, 0.25) is 0 Å². The normalized spacial score (nSPS) is 25.4. The largest absolute Gasteiger partial charge is 0.393 e. The SMILES string of the molecule is C[N+]1(C[C@H](O)CO)CCCC1. The molecule has 1 saturated heterocycles. The summed E-state index contributed by atoms with van der Waals surface area (Å²) in [5.41, 5.74) is 0. The van der Waals surface area contributed by atoms with Gasteiger partial charge in [-0.25, -0.2) is 0 Å². The van der Waals surface area contributed by atoms with E-state index >= 15 is 0 Å². The van der Waals surface area contributed by atoms with Gasteiger partial charge in [0, 0.05) is 12.8 Å². The molecule has 0 aromatic rings. The maximum Gasteiger partial charge on any atom is 0.126 e. The molecule has 11 heavy (non-hydrogen) atoms. The molecular weight excluding hydrogens is 142 g/mol. The number of hydrogen-bond acceptors (Lipinski definition) is 2. The minimum Gasteiger partial charge on any atom is -0.393 e. The van der Waals surface area contributed by atoms with Gasteiger partial charge in [-0.2, -0.15) is 0 Å². The summed E-state index contributed by atoms with van der Waals surface area (Å²) >= 11 is 0. The van der Waals surface area contributed by atoms with Gasteiger partial charge >= 0.3 is 0 Å². The highest BCUT2D eigenvalue weighted by Crippen LogP contribution is 2.16. The van der Waals surface area contributed by atoms with E-state index in [0.29, 0.717) is 6.54 Å². The third-order valence-corrected chi connectivity index (χ3v) is 2.51. The van der Waals surface area contributed by atoms with Crippen molar-refractivity contribution in [3.8, 4) is 0 Å². The Morgan fingerprint density at radius 2 is 1.91 bits per heavy atom. The Labute approximate surface area is 67.8 Å². The van der Waals surface area contributed by atoms with Crippen molar-refractivity contribution in [2.75, 3.05) is 33.3 Å². The first-order valence-electron chi connectivity index (χ1n) is 4.29. The fourth-order valence-corrected chi connectivity index (χ4v) is 1.85. The average Bonchev–Trinajstić information content (AvgIpc) is 2.36. The average molecular weight is 160 g/mol. The number of aliphatic hydroxyl groups is 2. The molecule has 1 aliphatic heterocycles. The van der Waals surface area contributed by atoms with Gasteiger partial charge in [-0.3, -0.25) is 0 Å². The summed E-state index contributed by atoms with van der Waals surface area (Å²) in [7, 11) is 2.14. The highest BCUT2D eigenvalue weighted by atomic mass is 16.3. The first-order chi connectivity index (χ1) is 5.16. The first kappa shape index (κ1) is 8.97. The highest BCUT2D eigenvalue weighted by Gasteiger charge is 2.28. The molecule has 0 unspecified atom stereocenters. The Morgan fingerprint density at radius 3 is 2.36 bits per heavy atom. The van der Waals surface area contributed by atoms with E-state index in [-0.39, 0.29) is 6.61 Å². The third-order valence-electron chi connectivity index (χ3n) is 2.51. The molecule has 3 heteroatoms. The van der Waals surface area contributed by atoms with E-state index in [2.05, 4.69) is 7.05 Å². The topological polar surface area (TPSA) is 40.5 Å². The summed E-state index contributed by atoms with van der Waals surface area (Å²) in [6, 6.07) is 0. The molecule has 1 fully saturated rings. The number of likely N-dealkylation sites (tertiary alicyclic amines) is 1. The number of hydrogen-bond donors (Lipinski definition) is 2. The fraction of sp³-hybridized carbons (Fsp3) is 1.00. The number of nitrogens with zero attached hydrogens (tertiary/aromatic N) is 1. The van der Waals surface area contributed by atoms with Crippen LogP contribution in [-0.4, -0.2) is 54.1 Å². The van der Waals surface area contributed by atoms with Gasteiger partial charge in [-0.05, 0) is 0 Å². The molecule has 0 radical (unpaired) electrons. The Balaban J connectivity index is 2.33. The van der Waals surface area contributed by atoms with Crippen LogP contribution in [0.5, 0.6) is 0 Å². The lowest BCUT2D eigenvalue weighted by Gasteiger charge is -2.30. The molecular formula is C8H18NO2+. The van der Waals surface area contributed by atoms with Crippen molar-refractivity contribution in [1.29, 1.82) is 0 Å². The van der Waals surface area contributed by atoms with Crippen molar-refractivity contribution in [3.63, 3.8) is 0 Å². The van der Waals surface area contributed by atoms with Crippen molar-refractivity contribution in [3.05, 3.63) is 0 Å². The summed E-state index contributed by atoms with van der Waals surface area (Å²) in [5.74, 6) is 0. The fourth-order valence-electron chi connectivity index (χ4n) is 1.85. The van der Waals surface area contributed by atoms with Crippen LogP contribution < -0.4 is 0 Å². The lowest BCUT2D eigenvalue weighted by Crippen LogP contribution is -2.47. The highest BCUT2D eigenvalue weighted by molar-refractivity contribution is 4.57. The van der Waals surface area contributed by atoms with E-state index in [1.807, 2.05) is 0 Å². The van der Waals surface area contributed by atoms with E-state index in [0.717, 1.165) is 17.6 Å². The smallest absolute Gasteiger partial charge is 0.126 e. The molecule has 0 aliphatic carbocycles. The van der Waals surface area contributed by atoms with E-state index < -0.39 is 6.10 Å². The predicted molar refractivity (Wildman–Crippen MR) is 43.1 cm³/mol. The number of likely N-dealkylation sites (N-methyl/N-ethyl adjacent to an activating group) is 1. The van der Waals surface area contributed by atoms with Crippen LogP contribution in [0.2, 0.25) is 0 Å². The molecule has 0 amide bonds. The second-order valence-electron chi connectivity index (χ2n) is 3.79. The molecule has 0 saturated carbocycles. The molecule has 66 valence electrons. The summed E-state index contributed by atoms with van der Waals surface area (Å²) in [5, 5.41) is 17.9. The van der Waals surface area contributed by atoms with Crippen molar-refractivity contribution in [2.24, 2.45) is 0 Å². The van der Waals surface area contributed by atoms with Crippen LogP contribution in [0.1, 0.15) is 12.8 Å². The van der Waals surface area contributed by atoms with Gasteiger partial charge in [-0.15, -0.1) is 0 Å². The molecule has 0 aromatic carbocycles. The number of aliphatic hydroxyl groups excluding tert-OH is 2. The van der Waals surface area contributed by atoms with Gasteiger partial charge in [-0.1, -0.05) is 0 Å². The van der Waals surface area contributed by atoms with Crippen molar-refractivity contribution in [1.82, 2.24) is 0 Å². The van der Waals surface area contributed by atoms with Gasteiger partial charge in [0.05, 0.1) is 26.7 Å². The standard InChI is InChI=1S/C8H18NO2/c1-9(4-2-3-5-9)6-8(11)7-10/h8,10-11H,2-7H2,1H3/q+1/t8-/m0/s1. The lowest BCUT2D eigenvalue weighted by molar-refractivity contribution is -0.900. The zero-order valence-corrected chi connectivity index (χ0v) is 7.16. The lowest BCUT2D eigenvalue weighted by atomic mass is 10.3. The van der Waals surface area contributed by atoms with Crippen molar-refractivity contribution in [2.45, 2.75) is 18.9 Å². The van der Waals surface area contributed by atoms with E-state index in [1.165, 1.54) is 12.8 Å². The van der Waals surface area contributed by atoms with E-state index in [9.17, 15) is 5.11 Å². The molecule has 1 rings (SSSR count). The monoisotopic (exact) mass is 160 g/mol. The molecule has 1 aliphatic rings. The first-order valence-corrected chi connectivity index (χ1v) is 4.29. The van der Waals surface area contributed by atoms with E-state index in [4.69, 9.17) is 5.11 Å². The quantitative estimate of drug-likeness (QED) is 0.550. The van der Waals surface area contributed by atoms with Gasteiger partial charge < -0.3 is 14.7 Å². The second-order valence-corrected chi connectivity index (χ2v) is 3.79. The predicted octanol–water partition coefficient (Wildman–Crippen LogP) is -0.420. The number of rotatable bonds is 3. The maximum atomic E-state index is 9.22. The summed E-state index contributed by atoms with van der Waals surface area (Å²) in [6.45, 7) is 2.90. The molecule has 3 nitrogen and oxygen atoms in total. The number of quaternary nitrogens is 1. The zero-order valence-electron chi connectivity index (χ0n) is 7.16. The molecule has 0 spiro atoms. The van der Waals surface area contributed by atoms with Crippen LogP contribution in [-0.2, 0) is 0 Å². The molecule has 1 atom stereocenters. The van der Waals surface area contributed by atoms with Crippen LogP contribution in [0.3, 0.4) is 0 Å².